The van der Waals surface area contributed by atoms with Crippen LogP contribution in [-0.2, 0) is 6.42 Å². The van der Waals surface area contributed by atoms with Gasteiger partial charge in [0.2, 0.25) is 5.78 Å². The second-order valence-electron chi connectivity index (χ2n) is 4.32. The van der Waals surface area contributed by atoms with Crippen LogP contribution in [0.3, 0.4) is 0 Å². The third kappa shape index (κ3) is 1.85. The Hall–Kier alpha value is -2.36. The van der Waals surface area contributed by atoms with E-state index in [-0.39, 0.29) is 17.4 Å². The number of aromatic amines is 1. The smallest absolute Gasteiger partial charge is 0.244 e. The molecule has 0 atom stereocenters. The molecule has 0 fully saturated rings. The molecule has 3 nitrogen and oxygen atoms in total. The minimum Gasteiger partial charge on any atom is -0.452 e. The van der Waals surface area contributed by atoms with E-state index in [1.807, 2.05) is 6.92 Å². The number of ketones is 1. The van der Waals surface area contributed by atoms with E-state index in [9.17, 15) is 9.18 Å². The number of fused-ring (bicyclic) bond motifs is 1. The predicted octanol–water partition coefficient (Wildman–Crippen LogP) is 3.69. The zero-order valence-electron chi connectivity index (χ0n) is 10.4. The number of furan rings is 1. The van der Waals surface area contributed by atoms with Crippen molar-refractivity contribution in [1.82, 2.24) is 4.98 Å². The molecule has 0 aliphatic carbocycles. The van der Waals surface area contributed by atoms with Crippen LogP contribution in [0.15, 0.2) is 40.9 Å². The van der Waals surface area contributed by atoms with Crippen LogP contribution in [0.25, 0.3) is 11.0 Å². The van der Waals surface area contributed by atoms with Crippen molar-refractivity contribution >= 4 is 16.8 Å². The number of carbonyl (C=O) groups is 1. The summed E-state index contributed by atoms with van der Waals surface area (Å²) in [4.78, 5) is 15.2. The van der Waals surface area contributed by atoms with E-state index in [0.717, 1.165) is 5.56 Å². The molecule has 0 saturated heterocycles. The van der Waals surface area contributed by atoms with Gasteiger partial charge in [-0.3, -0.25) is 4.79 Å². The first-order valence-electron chi connectivity index (χ1n) is 6.09. The second kappa shape index (κ2) is 4.39. The maximum Gasteiger partial charge on any atom is 0.244 e. The number of hydrogen-bond donors (Lipinski definition) is 1. The highest BCUT2D eigenvalue weighted by Gasteiger charge is 2.21. The van der Waals surface area contributed by atoms with Gasteiger partial charge in [-0.1, -0.05) is 6.92 Å². The molecule has 0 unspecified atom stereocenters. The monoisotopic (exact) mass is 257 g/mol. The molecule has 4 heteroatoms. The van der Waals surface area contributed by atoms with Gasteiger partial charge in [0.25, 0.3) is 0 Å². The molecule has 0 aliphatic heterocycles. The number of benzene rings is 1. The van der Waals surface area contributed by atoms with E-state index in [1.54, 1.807) is 24.4 Å². The van der Waals surface area contributed by atoms with Gasteiger partial charge in [0.15, 0.2) is 5.76 Å². The maximum absolute atomic E-state index is 13.3. The van der Waals surface area contributed by atoms with Crippen molar-refractivity contribution in [3.8, 4) is 0 Å². The summed E-state index contributed by atoms with van der Waals surface area (Å²) < 4.78 is 18.9. The minimum atomic E-state index is -0.332. The molecular weight excluding hydrogens is 245 g/mol. The third-order valence-corrected chi connectivity index (χ3v) is 3.16. The Morgan fingerprint density at radius 1 is 1.37 bits per heavy atom. The molecule has 0 bridgehead atoms. The van der Waals surface area contributed by atoms with Gasteiger partial charge in [-0.05, 0) is 36.8 Å². The second-order valence-corrected chi connectivity index (χ2v) is 4.32. The molecule has 0 saturated carbocycles. The molecule has 0 aliphatic rings. The average molecular weight is 257 g/mol. The lowest BCUT2D eigenvalue weighted by molar-refractivity contribution is 0.101. The van der Waals surface area contributed by atoms with E-state index >= 15 is 0 Å². The topological polar surface area (TPSA) is 46.0 Å². The summed E-state index contributed by atoms with van der Waals surface area (Å²) in [6, 6.07) is 7.73. The van der Waals surface area contributed by atoms with Gasteiger partial charge in [-0.15, -0.1) is 0 Å². The Labute approximate surface area is 109 Å². The first-order chi connectivity index (χ1) is 9.20. The third-order valence-electron chi connectivity index (χ3n) is 3.16. The highest BCUT2D eigenvalue weighted by Crippen LogP contribution is 2.28. The van der Waals surface area contributed by atoms with Gasteiger partial charge in [0.05, 0.1) is 5.69 Å². The van der Waals surface area contributed by atoms with Crippen molar-refractivity contribution < 1.29 is 13.6 Å². The van der Waals surface area contributed by atoms with Crippen molar-refractivity contribution in [3.63, 3.8) is 0 Å². The first-order valence-corrected chi connectivity index (χ1v) is 6.09. The summed E-state index contributed by atoms with van der Waals surface area (Å²) in [5.74, 6) is -0.258. The lowest BCUT2D eigenvalue weighted by atomic mass is 10.1. The normalized spacial score (nSPS) is 11.1. The molecule has 2 aromatic heterocycles. The number of aryl methyl sites for hydroxylation is 1. The van der Waals surface area contributed by atoms with Gasteiger partial charge in [-0.25, -0.2) is 4.39 Å². The molecule has 3 aromatic rings. The van der Waals surface area contributed by atoms with Crippen molar-refractivity contribution in [1.29, 1.82) is 0 Å². The zero-order chi connectivity index (χ0) is 13.4. The van der Waals surface area contributed by atoms with Gasteiger partial charge in [0.1, 0.15) is 11.4 Å². The summed E-state index contributed by atoms with van der Waals surface area (Å²) in [6.45, 7) is 1.92. The molecule has 0 radical (unpaired) electrons. The number of H-pyrrole nitrogens is 1. The van der Waals surface area contributed by atoms with Crippen LogP contribution >= 0.6 is 0 Å². The number of rotatable bonds is 3. The summed E-state index contributed by atoms with van der Waals surface area (Å²) in [7, 11) is 0. The SMILES string of the molecule is CCc1c(C(=O)c2ccc[nH]2)oc2ccc(F)cc12. The fourth-order valence-electron chi connectivity index (χ4n) is 2.25. The Morgan fingerprint density at radius 3 is 2.89 bits per heavy atom. The van der Waals surface area contributed by atoms with Crippen LogP contribution < -0.4 is 0 Å². The summed E-state index contributed by atoms with van der Waals surface area (Å²) >= 11 is 0. The molecule has 0 spiro atoms. The number of aromatic nitrogens is 1. The number of hydrogen-bond acceptors (Lipinski definition) is 2. The largest absolute Gasteiger partial charge is 0.452 e. The average Bonchev–Trinajstić information content (AvgIpc) is 3.04. The molecule has 96 valence electrons. The van der Waals surface area contributed by atoms with Crippen LogP contribution in [0, 0.1) is 5.82 Å². The van der Waals surface area contributed by atoms with E-state index in [2.05, 4.69) is 4.98 Å². The van der Waals surface area contributed by atoms with E-state index in [1.165, 1.54) is 12.1 Å². The molecule has 1 aromatic carbocycles. The van der Waals surface area contributed by atoms with Crippen LogP contribution in [0.2, 0.25) is 0 Å². The highest BCUT2D eigenvalue weighted by molar-refractivity contribution is 6.09. The zero-order valence-corrected chi connectivity index (χ0v) is 10.4. The fraction of sp³-hybridized carbons (Fsp3) is 0.133. The molecule has 2 heterocycles. The minimum absolute atomic E-state index is 0.210. The van der Waals surface area contributed by atoms with Crippen LogP contribution in [0.1, 0.15) is 28.7 Å². The lowest BCUT2D eigenvalue weighted by Gasteiger charge is -1.97. The van der Waals surface area contributed by atoms with Crippen molar-refractivity contribution in [2.45, 2.75) is 13.3 Å². The van der Waals surface area contributed by atoms with Crippen LogP contribution in [0.4, 0.5) is 4.39 Å². The van der Waals surface area contributed by atoms with E-state index in [0.29, 0.717) is 23.1 Å². The van der Waals surface area contributed by atoms with Crippen LogP contribution in [0.5, 0.6) is 0 Å². The van der Waals surface area contributed by atoms with Crippen molar-refractivity contribution in [3.05, 3.63) is 59.4 Å². The molecule has 1 N–H and O–H groups in total. The molecular formula is C15H12FNO2. The number of carbonyl (C=O) groups excluding carboxylic acids is 1. The van der Waals surface area contributed by atoms with Gasteiger partial charge >= 0.3 is 0 Å². The Kier molecular flexibility index (Phi) is 2.71. The predicted molar refractivity (Wildman–Crippen MR) is 69.8 cm³/mol. The van der Waals surface area contributed by atoms with Gasteiger partial charge < -0.3 is 9.40 Å². The maximum atomic E-state index is 13.3. The molecule has 19 heavy (non-hydrogen) atoms. The fourth-order valence-corrected chi connectivity index (χ4v) is 2.25. The standard InChI is InChI=1S/C15H12FNO2/c1-2-10-11-8-9(16)5-6-13(11)19-15(10)14(18)12-4-3-7-17-12/h3-8,17H,2H2,1H3. The van der Waals surface area contributed by atoms with Crippen LogP contribution in [-0.4, -0.2) is 10.8 Å². The van der Waals surface area contributed by atoms with E-state index < -0.39 is 0 Å². The van der Waals surface area contributed by atoms with Gasteiger partial charge in [-0.2, -0.15) is 0 Å². The Morgan fingerprint density at radius 2 is 2.21 bits per heavy atom. The molecule has 3 rings (SSSR count). The first kappa shape index (κ1) is 11.7. The molecule has 0 amide bonds. The summed E-state index contributed by atoms with van der Waals surface area (Å²) in [5.41, 5.74) is 1.75. The quantitative estimate of drug-likeness (QED) is 0.727. The Bertz CT molecular complexity index is 741. The van der Waals surface area contributed by atoms with E-state index in [4.69, 9.17) is 4.42 Å². The van der Waals surface area contributed by atoms with Crippen molar-refractivity contribution in [2.24, 2.45) is 0 Å². The number of halogens is 1. The van der Waals surface area contributed by atoms with Gasteiger partial charge in [0, 0.05) is 17.1 Å². The number of nitrogens with one attached hydrogen (secondary N) is 1. The Balaban J connectivity index is 2.21. The van der Waals surface area contributed by atoms with Crippen molar-refractivity contribution in [2.75, 3.05) is 0 Å². The lowest BCUT2D eigenvalue weighted by Crippen LogP contribution is -2.02. The highest BCUT2D eigenvalue weighted by atomic mass is 19.1. The summed E-state index contributed by atoms with van der Waals surface area (Å²) in [5, 5.41) is 0.664. The summed E-state index contributed by atoms with van der Waals surface area (Å²) in [6.07, 6.45) is 2.29.